The normalized spacial score (nSPS) is 14.5. The molecule has 4 unspecified atom stereocenters. The maximum Gasteiger partial charge on any atom is 0.472 e. The van der Waals surface area contributed by atoms with Gasteiger partial charge in [-0.2, -0.15) is 0 Å². The van der Waals surface area contributed by atoms with Crippen molar-refractivity contribution < 1.29 is 80.2 Å². The molecule has 612 valence electrons. The third-order valence-corrected chi connectivity index (χ3v) is 22.2. The van der Waals surface area contributed by atoms with Gasteiger partial charge in [0.2, 0.25) is 0 Å². The van der Waals surface area contributed by atoms with Crippen LogP contribution >= 0.6 is 15.6 Å². The van der Waals surface area contributed by atoms with Crippen LogP contribution in [-0.2, 0) is 65.4 Å². The van der Waals surface area contributed by atoms with Crippen molar-refractivity contribution in [2.45, 2.75) is 453 Å². The van der Waals surface area contributed by atoms with E-state index >= 15 is 0 Å². The van der Waals surface area contributed by atoms with Gasteiger partial charge in [0.15, 0.2) is 12.2 Å². The van der Waals surface area contributed by atoms with Gasteiger partial charge in [0, 0.05) is 25.7 Å². The summed E-state index contributed by atoms with van der Waals surface area (Å²) < 4.78 is 68.8. The van der Waals surface area contributed by atoms with E-state index in [1.165, 1.54) is 231 Å². The van der Waals surface area contributed by atoms with Crippen LogP contribution in [0.5, 0.6) is 0 Å². The Hall–Kier alpha value is -1.94. The second-order valence-corrected chi connectivity index (χ2v) is 34.6. The zero-order valence-electron chi connectivity index (χ0n) is 68.0. The van der Waals surface area contributed by atoms with Gasteiger partial charge in [0.1, 0.15) is 19.3 Å². The Balaban J connectivity index is 5.23. The lowest BCUT2D eigenvalue weighted by molar-refractivity contribution is -0.161. The van der Waals surface area contributed by atoms with Gasteiger partial charge in [-0.15, -0.1) is 0 Å². The van der Waals surface area contributed by atoms with Crippen molar-refractivity contribution in [3.63, 3.8) is 0 Å². The van der Waals surface area contributed by atoms with Crippen LogP contribution < -0.4 is 0 Å². The van der Waals surface area contributed by atoms with Gasteiger partial charge >= 0.3 is 39.5 Å². The van der Waals surface area contributed by atoms with Crippen LogP contribution in [0.2, 0.25) is 0 Å². The molecule has 0 radical (unpaired) electrons. The SMILES string of the molecule is CCC(C)CCCCCCCCCCCCCCCCCCCCC(=O)O[C@H](COC(=O)CCCCCCCCCCCCCCCCC(C)C)COP(=O)(O)OC[C@@H](O)COP(=O)(O)OC[C@@H](COC(=O)CCCCCCCCC(C)CC)OC(=O)CCCCCCCCCCCCCC(C)C. The summed E-state index contributed by atoms with van der Waals surface area (Å²) >= 11 is 0. The van der Waals surface area contributed by atoms with E-state index in [2.05, 4.69) is 55.4 Å². The summed E-state index contributed by atoms with van der Waals surface area (Å²) in [6, 6.07) is 0. The molecule has 0 aliphatic heterocycles. The quantitative estimate of drug-likeness (QED) is 0.0222. The van der Waals surface area contributed by atoms with E-state index in [4.69, 9.17) is 37.0 Å². The number of hydrogen-bond donors (Lipinski definition) is 3. The molecule has 0 aromatic rings. The number of esters is 4. The summed E-state index contributed by atoms with van der Waals surface area (Å²) in [6.45, 7) is 14.3. The predicted octanol–water partition coefficient (Wildman–Crippen LogP) is 25.2. The van der Waals surface area contributed by atoms with Crippen LogP contribution in [0.3, 0.4) is 0 Å². The molecule has 0 saturated carbocycles. The molecule has 0 aliphatic carbocycles. The van der Waals surface area contributed by atoms with Gasteiger partial charge in [-0.1, -0.05) is 383 Å². The van der Waals surface area contributed by atoms with Crippen LogP contribution in [0.15, 0.2) is 0 Å². The minimum Gasteiger partial charge on any atom is -0.462 e. The highest BCUT2D eigenvalue weighted by Crippen LogP contribution is 2.45. The molecular formula is C84H164O17P2. The lowest BCUT2D eigenvalue weighted by Gasteiger charge is -2.21. The summed E-state index contributed by atoms with van der Waals surface area (Å²) in [5, 5.41) is 10.7. The first-order chi connectivity index (χ1) is 49.7. The average molecular weight is 1510 g/mol. The van der Waals surface area contributed by atoms with E-state index in [0.29, 0.717) is 25.7 Å². The Morgan fingerprint density at radius 3 is 0.689 bits per heavy atom. The van der Waals surface area contributed by atoms with Crippen molar-refractivity contribution in [2.24, 2.45) is 23.7 Å². The van der Waals surface area contributed by atoms with Crippen LogP contribution in [0.4, 0.5) is 0 Å². The smallest absolute Gasteiger partial charge is 0.462 e. The van der Waals surface area contributed by atoms with Gasteiger partial charge in [0.25, 0.3) is 0 Å². The number of phosphoric ester groups is 2. The number of unbranched alkanes of at least 4 members (excludes halogenated alkanes) is 45. The molecule has 7 atom stereocenters. The minimum absolute atomic E-state index is 0.105. The van der Waals surface area contributed by atoms with Crippen molar-refractivity contribution in [1.82, 2.24) is 0 Å². The summed E-state index contributed by atoms with van der Waals surface area (Å²) in [5.41, 5.74) is 0. The topological polar surface area (TPSA) is 237 Å². The molecule has 0 spiro atoms. The predicted molar refractivity (Wildman–Crippen MR) is 423 cm³/mol. The average Bonchev–Trinajstić information content (AvgIpc) is 0.919. The highest BCUT2D eigenvalue weighted by Gasteiger charge is 2.30. The molecule has 0 fully saturated rings. The fraction of sp³-hybridized carbons (Fsp3) is 0.952. The van der Waals surface area contributed by atoms with Gasteiger partial charge in [0.05, 0.1) is 26.4 Å². The number of carbonyl (C=O) groups is 4. The third kappa shape index (κ3) is 75.3. The first-order valence-corrected chi connectivity index (χ1v) is 46.3. The molecule has 0 bridgehead atoms. The van der Waals surface area contributed by atoms with Gasteiger partial charge < -0.3 is 33.8 Å². The first-order valence-electron chi connectivity index (χ1n) is 43.3. The van der Waals surface area contributed by atoms with E-state index in [0.717, 1.165) is 120 Å². The number of ether oxygens (including phenoxy) is 4. The van der Waals surface area contributed by atoms with Crippen molar-refractivity contribution >= 4 is 39.5 Å². The van der Waals surface area contributed by atoms with Crippen molar-refractivity contribution in [3.8, 4) is 0 Å². The Labute approximate surface area is 632 Å². The Morgan fingerprint density at radius 2 is 0.466 bits per heavy atom. The lowest BCUT2D eigenvalue weighted by Crippen LogP contribution is -2.30. The van der Waals surface area contributed by atoms with E-state index in [1.807, 2.05) is 0 Å². The molecule has 3 N–H and O–H groups in total. The summed E-state index contributed by atoms with van der Waals surface area (Å²) in [4.78, 5) is 73.1. The van der Waals surface area contributed by atoms with Gasteiger partial charge in [-0.3, -0.25) is 37.3 Å². The fourth-order valence-electron chi connectivity index (χ4n) is 12.9. The molecule has 17 nitrogen and oxygen atoms in total. The van der Waals surface area contributed by atoms with Crippen molar-refractivity contribution in [1.29, 1.82) is 0 Å². The second kappa shape index (κ2) is 72.9. The molecule has 0 saturated heterocycles. The summed E-state index contributed by atoms with van der Waals surface area (Å²) in [5.74, 6) is 1.05. The Kier molecular flexibility index (Phi) is 71.5. The molecule has 19 heteroatoms. The van der Waals surface area contributed by atoms with E-state index < -0.39 is 97.5 Å². The highest BCUT2D eigenvalue weighted by molar-refractivity contribution is 7.47. The second-order valence-electron chi connectivity index (χ2n) is 31.7. The lowest BCUT2D eigenvalue weighted by atomic mass is 9.99. The zero-order chi connectivity index (χ0) is 76.0. The molecule has 0 aromatic heterocycles. The zero-order valence-corrected chi connectivity index (χ0v) is 69.7. The largest absolute Gasteiger partial charge is 0.472 e. The van der Waals surface area contributed by atoms with E-state index in [-0.39, 0.29) is 25.7 Å². The summed E-state index contributed by atoms with van der Waals surface area (Å²) in [6.07, 6.45) is 61.1. The standard InChI is InChI=1S/C84H164O17P2/c1-9-76(7)62-54-46-38-32-26-20-15-13-11-12-14-16-22-28-34-40-50-58-66-83(88)100-79(70-94-81(86)64-56-48-39-33-27-21-18-17-19-24-30-36-44-52-60-74(3)4)72-98-102(90,91)96-68-78(85)69-97-103(92,93)99-73-80(71-95-82(87)65-57-49-43-42-47-55-63-77(8)10-2)101-84(89)67-59-51-41-35-29-23-25-31-37-45-53-61-75(5)6/h74-80,85H,9-73H2,1-8H3,(H,90,91)(H,92,93)/t76?,77?,78-,79-,80-/m1/s1. The van der Waals surface area contributed by atoms with Crippen LogP contribution in [0, 0.1) is 23.7 Å². The van der Waals surface area contributed by atoms with Crippen molar-refractivity contribution in [2.75, 3.05) is 39.6 Å². The number of carbonyl (C=O) groups excluding carboxylic acids is 4. The maximum absolute atomic E-state index is 13.1. The number of rotatable bonds is 81. The molecule has 103 heavy (non-hydrogen) atoms. The monoisotopic (exact) mass is 1510 g/mol. The molecule has 0 amide bonds. The third-order valence-electron chi connectivity index (χ3n) is 20.3. The Bertz CT molecular complexity index is 2010. The number of hydrogen-bond acceptors (Lipinski definition) is 15. The fourth-order valence-corrected chi connectivity index (χ4v) is 14.5. The maximum atomic E-state index is 13.1. The van der Waals surface area contributed by atoms with Crippen molar-refractivity contribution in [3.05, 3.63) is 0 Å². The van der Waals surface area contributed by atoms with E-state index in [1.54, 1.807) is 0 Å². The molecule has 0 aromatic carbocycles. The van der Waals surface area contributed by atoms with E-state index in [9.17, 15) is 43.2 Å². The molecule has 0 aliphatic rings. The number of aliphatic hydroxyl groups excluding tert-OH is 1. The number of aliphatic hydroxyl groups is 1. The Morgan fingerprint density at radius 1 is 0.272 bits per heavy atom. The molecule has 0 rings (SSSR count). The minimum atomic E-state index is -4.97. The molecular weight excluding hydrogens is 1340 g/mol. The van der Waals surface area contributed by atoms with Gasteiger partial charge in [-0.25, -0.2) is 9.13 Å². The van der Waals surface area contributed by atoms with Crippen LogP contribution in [0.25, 0.3) is 0 Å². The van der Waals surface area contributed by atoms with Crippen LogP contribution in [-0.4, -0.2) is 96.7 Å². The highest BCUT2D eigenvalue weighted by atomic mass is 31.2. The van der Waals surface area contributed by atoms with Gasteiger partial charge in [-0.05, 0) is 49.4 Å². The summed E-state index contributed by atoms with van der Waals surface area (Å²) in [7, 11) is -9.93. The number of phosphoric acid groups is 2. The molecule has 0 heterocycles. The van der Waals surface area contributed by atoms with Crippen LogP contribution in [0.1, 0.15) is 434 Å². The first kappa shape index (κ1) is 101.